The second kappa shape index (κ2) is 16.3. The van der Waals surface area contributed by atoms with Gasteiger partial charge in [0.15, 0.2) is 5.96 Å². The fourth-order valence-electron chi connectivity index (χ4n) is 4.50. The molecule has 0 aliphatic carbocycles. The summed E-state index contributed by atoms with van der Waals surface area (Å²) in [5.41, 5.74) is 4.63. The Hall–Kier alpha value is -4.16. The van der Waals surface area contributed by atoms with Gasteiger partial charge in [0.1, 0.15) is 23.7 Å². The van der Waals surface area contributed by atoms with Crippen LogP contribution in [0.1, 0.15) is 77.8 Å². The van der Waals surface area contributed by atoms with E-state index in [1.807, 2.05) is 6.07 Å². The summed E-state index contributed by atoms with van der Waals surface area (Å²) in [4.78, 5) is 66.3. The molecular formula is C29H46N8O5. The van der Waals surface area contributed by atoms with Gasteiger partial charge in [-0.15, -0.1) is 0 Å². The van der Waals surface area contributed by atoms with Crippen molar-refractivity contribution in [2.45, 2.75) is 89.9 Å². The Kier molecular flexibility index (Phi) is 13.2. The van der Waals surface area contributed by atoms with E-state index in [0.29, 0.717) is 37.9 Å². The van der Waals surface area contributed by atoms with E-state index in [1.165, 1.54) is 0 Å². The first kappa shape index (κ1) is 34.0. The molecule has 1 aromatic carbocycles. The van der Waals surface area contributed by atoms with E-state index in [1.54, 1.807) is 52.0 Å². The SMILES string of the molecule is CC[C@H]1NC(=O)[C@@H](CCCNC(=N)N)NC(=O)[C@@](C)(NC(=O)C(C)C)CCCCNC(=O)[C@H](c2ccccc2)NC1=O. The monoisotopic (exact) mass is 586 g/mol. The van der Waals surface area contributed by atoms with Crippen molar-refractivity contribution in [2.24, 2.45) is 11.7 Å². The van der Waals surface area contributed by atoms with Crippen LogP contribution in [0.25, 0.3) is 0 Å². The molecule has 2 rings (SSSR count). The summed E-state index contributed by atoms with van der Waals surface area (Å²) >= 11 is 0. The topological polar surface area (TPSA) is 207 Å². The lowest BCUT2D eigenvalue weighted by Gasteiger charge is -2.33. The highest BCUT2D eigenvalue weighted by atomic mass is 16.2. The lowest BCUT2D eigenvalue weighted by molar-refractivity contribution is -0.137. The number of nitrogens with one attached hydrogen (secondary N) is 7. The van der Waals surface area contributed by atoms with Crippen molar-refractivity contribution in [3.8, 4) is 0 Å². The highest BCUT2D eigenvalue weighted by Crippen LogP contribution is 2.18. The van der Waals surface area contributed by atoms with Gasteiger partial charge in [0.25, 0.3) is 0 Å². The molecule has 1 aliphatic rings. The molecule has 0 spiro atoms. The van der Waals surface area contributed by atoms with Crippen LogP contribution in [0, 0.1) is 11.3 Å². The normalized spacial score (nSPS) is 24.5. The van der Waals surface area contributed by atoms with E-state index in [4.69, 9.17) is 11.1 Å². The van der Waals surface area contributed by atoms with Crippen LogP contribution in [0.4, 0.5) is 0 Å². The number of amides is 5. The summed E-state index contributed by atoms with van der Waals surface area (Å²) in [6, 6.07) is 5.85. The van der Waals surface area contributed by atoms with Crippen molar-refractivity contribution in [3.05, 3.63) is 35.9 Å². The molecule has 0 aromatic heterocycles. The fraction of sp³-hybridized carbons (Fsp3) is 0.586. The van der Waals surface area contributed by atoms with Gasteiger partial charge in [0.2, 0.25) is 29.5 Å². The van der Waals surface area contributed by atoms with Crippen molar-refractivity contribution in [2.75, 3.05) is 13.1 Å². The van der Waals surface area contributed by atoms with Gasteiger partial charge >= 0.3 is 0 Å². The third-order valence-electron chi connectivity index (χ3n) is 7.16. The minimum atomic E-state index is -1.33. The smallest absolute Gasteiger partial charge is 0.247 e. The summed E-state index contributed by atoms with van der Waals surface area (Å²) in [5, 5.41) is 24.0. The molecule has 1 saturated heterocycles. The number of guanidine groups is 1. The highest BCUT2D eigenvalue weighted by molar-refractivity contribution is 5.97. The number of carbonyl (C=O) groups is 5. The van der Waals surface area contributed by atoms with Crippen LogP contribution >= 0.6 is 0 Å². The molecule has 232 valence electrons. The van der Waals surface area contributed by atoms with Crippen LogP contribution < -0.4 is 37.6 Å². The molecule has 42 heavy (non-hydrogen) atoms. The Morgan fingerprint density at radius 1 is 1.02 bits per heavy atom. The molecular weight excluding hydrogens is 540 g/mol. The molecule has 0 saturated carbocycles. The van der Waals surface area contributed by atoms with Crippen LogP contribution in [0.2, 0.25) is 0 Å². The van der Waals surface area contributed by atoms with Gasteiger partial charge in [0, 0.05) is 19.0 Å². The summed E-state index contributed by atoms with van der Waals surface area (Å²) in [6.45, 7) is 7.38. The van der Waals surface area contributed by atoms with Crippen molar-refractivity contribution < 1.29 is 24.0 Å². The van der Waals surface area contributed by atoms with Gasteiger partial charge in [0.05, 0.1) is 0 Å². The minimum Gasteiger partial charge on any atom is -0.370 e. The van der Waals surface area contributed by atoms with Crippen LogP contribution in [0.5, 0.6) is 0 Å². The molecule has 0 radical (unpaired) electrons. The van der Waals surface area contributed by atoms with Gasteiger partial charge in [-0.05, 0) is 51.0 Å². The molecule has 0 bridgehead atoms. The second-order valence-electron chi connectivity index (χ2n) is 11.1. The predicted octanol–water partition coefficient (Wildman–Crippen LogP) is 0.318. The van der Waals surface area contributed by atoms with Gasteiger partial charge in [-0.2, -0.15) is 0 Å². The standard InChI is InChI=1S/C29H46N8O5/c1-5-20-24(39)36-22(19-12-7-6-8-13-19)26(41)32-16-10-9-15-29(4,37-23(38)18(2)3)27(42)35-21(25(40)34-20)14-11-17-33-28(30)31/h6-8,12-13,18,20-22H,5,9-11,14-17H2,1-4H3,(H,32,41)(H,34,40)(H,35,42)(H,36,39)(H,37,38)(H4,30,31,33)/t20-,21-,22+,29+/m1/s1. The number of carbonyl (C=O) groups excluding carboxylic acids is 5. The Morgan fingerprint density at radius 3 is 2.31 bits per heavy atom. The summed E-state index contributed by atoms with van der Waals surface area (Å²) < 4.78 is 0. The average molecular weight is 587 g/mol. The Labute approximate surface area is 247 Å². The predicted molar refractivity (Wildman–Crippen MR) is 159 cm³/mol. The van der Waals surface area contributed by atoms with Gasteiger partial charge < -0.3 is 37.6 Å². The zero-order valence-corrected chi connectivity index (χ0v) is 25.0. The maximum absolute atomic E-state index is 13.6. The van der Waals surface area contributed by atoms with Crippen LogP contribution in [0.3, 0.4) is 0 Å². The third-order valence-corrected chi connectivity index (χ3v) is 7.16. The first-order valence-electron chi connectivity index (χ1n) is 14.5. The van der Waals surface area contributed by atoms with Gasteiger partial charge in [-0.25, -0.2) is 0 Å². The second-order valence-corrected chi connectivity index (χ2v) is 11.1. The molecule has 9 N–H and O–H groups in total. The fourth-order valence-corrected chi connectivity index (χ4v) is 4.50. The van der Waals surface area contributed by atoms with E-state index < -0.39 is 47.3 Å². The maximum Gasteiger partial charge on any atom is 0.247 e. The average Bonchev–Trinajstić information content (AvgIpc) is 2.95. The van der Waals surface area contributed by atoms with Crippen molar-refractivity contribution in [3.63, 3.8) is 0 Å². The van der Waals surface area contributed by atoms with Gasteiger partial charge in [-0.1, -0.05) is 51.1 Å². The lowest BCUT2D eigenvalue weighted by Crippen LogP contribution is -2.62. The lowest BCUT2D eigenvalue weighted by atomic mass is 9.91. The molecule has 4 atom stereocenters. The van der Waals surface area contributed by atoms with E-state index in [-0.39, 0.29) is 37.0 Å². The van der Waals surface area contributed by atoms with E-state index in [9.17, 15) is 24.0 Å². The highest BCUT2D eigenvalue weighted by Gasteiger charge is 2.38. The quantitative estimate of drug-likeness (QED) is 0.121. The number of benzene rings is 1. The summed E-state index contributed by atoms with van der Waals surface area (Å²) in [5.74, 6) is -2.95. The zero-order chi connectivity index (χ0) is 31.3. The molecule has 1 heterocycles. The van der Waals surface area contributed by atoms with Gasteiger partial charge in [-0.3, -0.25) is 29.4 Å². The number of rotatable bonds is 8. The first-order chi connectivity index (χ1) is 19.9. The minimum absolute atomic E-state index is 0.180. The van der Waals surface area contributed by atoms with E-state index in [2.05, 4.69) is 31.9 Å². The van der Waals surface area contributed by atoms with Crippen LogP contribution in [0.15, 0.2) is 30.3 Å². The van der Waals surface area contributed by atoms with Crippen molar-refractivity contribution in [1.82, 2.24) is 31.9 Å². The summed E-state index contributed by atoms with van der Waals surface area (Å²) in [7, 11) is 0. The Bertz CT molecular complexity index is 1110. The number of hydrogen-bond acceptors (Lipinski definition) is 6. The van der Waals surface area contributed by atoms with Crippen molar-refractivity contribution in [1.29, 1.82) is 5.41 Å². The van der Waals surface area contributed by atoms with Crippen LogP contribution in [-0.4, -0.2) is 66.2 Å². The summed E-state index contributed by atoms with van der Waals surface area (Å²) in [6.07, 6.45) is 2.06. The maximum atomic E-state index is 13.6. The Morgan fingerprint density at radius 2 is 1.69 bits per heavy atom. The molecule has 1 fully saturated rings. The number of nitrogens with two attached hydrogens (primary N) is 1. The first-order valence-corrected chi connectivity index (χ1v) is 14.5. The Balaban J connectivity index is 2.41. The molecule has 0 unspecified atom stereocenters. The molecule has 1 aliphatic heterocycles. The molecule has 13 heteroatoms. The third kappa shape index (κ3) is 10.3. The molecule has 13 nitrogen and oxygen atoms in total. The van der Waals surface area contributed by atoms with E-state index in [0.717, 1.165) is 0 Å². The van der Waals surface area contributed by atoms with Crippen molar-refractivity contribution >= 4 is 35.5 Å². The molecule has 1 aromatic rings. The number of hydrogen-bond donors (Lipinski definition) is 8. The van der Waals surface area contributed by atoms with E-state index >= 15 is 0 Å². The largest absolute Gasteiger partial charge is 0.370 e. The molecule has 5 amide bonds. The zero-order valence-electron chi connectivity index (χ0n) is 25.0. The van der Waals surface area contributed by atoms with Crippen LogP contribution in [-0.2, 0) is 24.0 Å².